The summed E-state index contributed by atoms with van der Waals surface area (Å²) in [4.78, 5) is 7.75. The molecule has 0 saturated carbocycles. The van der Waals surface area contributed by atoms with Gasteiger partial charge in [-0.15, -0.1) is 0 Å². The van der Waals surface area contributed by atoms with Gasteiger partial charge in [0, 0.05) is 17.1 Å². The normalized spacial score (nSPS) is 11.2. The molecule has 0 unspecified atom stereocenters. The summed E-state index contributed by atoms with van der Waals surface area (Å²) in [5.74, 6) is 0.866. The van der Waals surface area contributed by atoms with E-state index in [0.717, 1.165) is 22.4 Å². The maximum absolute atomic E-state index is 6.16. The molecule has 3 nitrogen and oxygen atoms in total. The number of H-pyrrole nitrogens is 1. The molecule has 0 aliphatic rings. The van der Waals surface area contributed by atoms with E-state index in [1.54, 1.807) is 12.1 Å². The van der Waals surface area contributed by atoms with Crippen LogP contribution in [0.5, 0.6) is 0 Å². The van der Waals surface area contributed by atoms with Crippen molar-refractivity contribution in [3.8, 4) is 0 Å². The van der Waals surface area contributed by atoms with Crippen molar-refractivity contribution in [2.24, 2.45) is 0 Å². The molecule has 2 N–H and O–H groups in total. The largest absolute Gasteiger partial charge is 0.341 e. The number of hydrogen-bond donors (Lipinski definition) is 2. The highest BCUT2D eigenvalue weighted by Gasteiger charge is 2.09. The number of benzene rings is 2. The van der Waals surface area contributed by atoms with Crippen molar-refractivity contribution in [3.05, 3.63) is 62.9 Å². The van der Waals surface area contributed by atoms with Gasteiger partial charge in [-0.25, -0.2) is 4.98 Å². The maximum Gasteiger partial charge on any atom is 0.121 e. The molecular weight excluding hydrogens is 329 g/mol. The Morgan fingerprint density at radius 3 is 2.52 bits per heavy atom. The number of halogens is 3. The van der Waals surface area contributed by atoms with Crippen LogP contribution in [-0.2, 0) is 13.1 Å². The second kappa shape index (κ2) is 6.24. The van der Waals surface area contributed by atoms with Crippen LogP contribution in [0.2, 0.25) is 15.1 Å². The van der Waals surface area contributed by atoms with Crippen molar-refractivity contribution in [1.29, 1.82) is 0 Å². The second-order valence-electron chi connectivity index (χ2n) is 4.63. The van der Waals surface area contributed by atoms with E-state index in [1.807, 2.05) is 24.3 Å². The average molecular weight is 341 g/mol. The van der Waals surface area contributed by atoms with Gasteiger partial charge in [-0.1, -0.05) is 46.9 Å². The van der Waals surface area contributed by atoms with Gasteiger partial charge in [0.25, 0.3) is 0 Å². The molecule has 21 heavy (non-hydrogen) atoms. The monoisotopic (exact) mass is 339 g/mol. The molecule has 108 valence electrons. The Balaban J connectivity index is 1.70. The lowest BCUT2D eigenvalue weighted by atomic mass is 10.2. The summed E-state index contributed by atoms with van der Waals surface area (Å²) in [6.07, 6.45) is 0. The molecule has 3 aromatic rings. The molecule has 2 aromatic carbocycles. The van der Waals surface area contributed by atoms with Crippen LogP contribution in [0, 0.1) is 0 Å². The number of aromatic amines is 1. The molecule has 1 aromatic heterocycles. The minimum atomic E-state index is 0.487. The number of para-hydroxylation sites is 2. The lowest BCUT2D eigenvalue weighted by Gasteiger charge is -2.09. The number of hydrogen-bond acceptors (Lipinski definition) is 2. The van der Waals surface area contributed by atoms with Crippen LogP contribution in [0.1, 0.15) is 11.4 Å². The van der Waals surface area contributed by atoms with Crippen molar-refractivity contribution in [2.45, 2.75) is 13.1 Å². The summed E-state index contributed by atoms with van der Waals surface area (Å²) in [5.41, 5.74) is 2.77. The van der Waals surface area contributed by atoms with Gasteiger partial charge in [-0.05, 0) is 24.3 Å². The van der Waals surface area contributed by atoms with Gasteiger partial charge in [0.05, 0.1) is 27.6 Å². The molecule has 6 heteroatoms. The summed E-state index contributed by atoms with van der Waals surface area (Å²) in [6.45, 7) is 1.11. The standard InChI is InChI=1S/C15H12Cl3N3/c16-10-5-6-11(17)15(18)9(10)7-19-8-14-20-12-3-1-2-4-13(12)21-14/h1-6,19H,7-8H2,(H,20,21). The van der Waals surface area contributed by atoms with Gasteiger partial charge in [-0.2, -0.15) is 0 Å². The Morgan fingerprint density at radius 1 is 0.952 bits per heavy atom. The fourth-order valence-electron chi connectivity index (χ4n) is 2.13. The quantitative estimate of drug-likeness (QED) is 0.669. The third kappa shape index (κ3) is 3.16. The first kappa shape index (κ1) is 14.7. The van der Waals surface area contributed by atoms with Crippen LogP contribution in [0.15, 0.2) is 36.4 Å². The fourth-order valence-corrected chi connectivity index (χ4v) is 2.81. The minimum Gasteiger partial charge on any atom is -0.341 e. The van der Waals surface area contributed by atoms with Gasteiger partial charge in [0.2, 0.25) is 0 Å². The van der Waals surface area contributed by atoms with Crippen molar-refractivity contribution in [2.75, 3.05) is 0 Å². The first-order valence-corrected chi connectivity index (χ1v) is 7.55. The molecule has 0 spiro atoms. The zero-order valence-corrected chi connectivity index (χ0v) is 13.2. The number of rotatable bonds is 4. The van der Waals surface area contributed by atoms with Gasteiger partial charge in [-0.3, -0.25) is 0 Å². The Kier molecular flexibility index (Phi) is 4.36. The molecule has 0 saturated heterocycles. The number of nitrogens with zero attached hydrogens (tertiary/aromatic N) is 1. The third-order valence-corrected chi connectivity index (χ3v) is 4.37. The summed E-state index contributed by atoms with van der Waals surface area (Å²) >= 11 is 18.3. The third-order valence-electron chi connectivity index (χ3n) is 3.17. The zero-order chi connectivity index (χ0) is 14.8. The highest BCUT2D eigenvalue weighted by atomic mass is 35.5. The lowest BCUT2D eigenvalue weighted by Crippen LogP contribution is -2.14. The van der Waals surface area contributed by atoms with E-state index in [9.17, 15) is 0 Å². The summed E-state index contributed by atoms with van der Waals surface area (Å²) < 4.78 is 0. The maximum atomic E-state index is 6.16. The van der Waals surface area contributed by atoms with E-state index < -0.39 is 0 Å². The second-order valence-corrected chi connectivity index (χ2v) is 5.82. The van der Waals surface area contributed by atoms with E-state index in [0.29, 0.717) is 28.2 Å². The van der Waals surface area contributed by atoms with Gasteiger partial charge >= 0.3 is 0 Å². The predicted molar refractivity (Wildman–Crippen MR) is 88.1 cm³/mol. The smallest absolute Gasteiger partial charge is 0.121 e. The SMILES string of the molecule is Clc1ccc(Cl)c(CNCc2nc3ccccc3[nH]2)c1Cl. The Morgan fingerprint density at radius 2 is 1.71 bits per heavy atom. The van der Waals surface area contributed by atoms with Crippen LogP contribution in [0.25, 0.3) is 11.0 Å². The van der Waals surface area contributed by atoms with E-state index in [2.05, 4.69) is 15.3 Å². The van der Waals surface area contributed by atoms with Gasteiger partial charge < -0.3 is 10.3 Å². The molecule has 1 heterocycles. The summed E-state index contributed by atoms with van der Waals surface area (Å²) in [6, 6.07) is 11.3. The number of aromatic nitrogens is 2. The summed E-state index contributed by atoms with van der Waals surface area (Å²) in [5, 5.41) is 4.85. The molecule has 0 bridgehead atoms. The Labute approximate surface area is 137 Å². The van der Waals surface area contributed by atoms with Crippen molar-refractivity contribution < 1.29 is 0 Å². The molecule has 0 aliphatic carbocycles. The van der Waals surface area contributed by atoms with Crippen LogP contribution in [-0.4, -0.2) is 9.97 Å². The Bertz CT molecular complexity index is 750. The van der Waals surface area contributed by atoms with Crippen molar-refractivity contribution in [1.82, 2.24) is 15.3 Å². The van der Waals surface area contributed by atoms with E-state index >= 15 is 0 Å². The van der Waals surface area contributed by atoms with E-state index in [1.165, 1.54) is 0 Å². The highest BCUT2D eigenvalue weighted by molar-refractivity contribution is 6.44. The van der Waals surface area contributed by atoms with Gasteiger partial charge in [0.15, 0.2) is 0 Å². The Hall–Kier alpha value is -1.26. The highest BCUT2D eigenvalue weighted by Crippen LogP contribution is 2.31. The minimum absolute atomic E-state index is 0.487. The molecule has 0 aliphatic heterocycles. The van der Waals surface area contributed by atoms with Crippen molar-refractivity contribution >= 4 is 45.8 Å². The number of fused-ring (bicyclic) bond motifs is 1. The van der Waals surface area contributed by atoms with Crippen LogP contribution in [0.3, 0.4) is 0 Å². The van der Waals surface area contributed by atoms with E-state index in [4.69, 9.17) is 34.8 Å². The number of imidazole rings is 1. The van der Waals surface area contributed by atoms with Crippen molar-refractivity contribution in [3.63, 3.8) is 0 Å². The molecule has 3 rings (SSSR count). The van der Waals surface area contributed by atoms with Crippen LogP contribution < -0.4 is 5.32 Å². The molecule has 0 fully saturated rings. The average Bonchev–Trinajstić information content (AvgIpc) is 2.89. The summed E-state index contributed by atoms with van der Waals surface area (Å²) in [7, 11) is 0. The predicted octanol–water partition coefficient (Wildman–Crippen LogP) is 4.81. The van der Waals surface area contributed by atoms with E-state index in [-0.39, 0.29) is 0 Å². The van der Waals surface area contributed by atoms with Crippen LogP contribution in [0.4, 0.5) is 0 Å². The number of nitrogens with one attached hydrogen (secondary N) is 2. The molecule has 0 atom stereocenters. The molecular formula is C15H12Cl3N3. The van der Waals surface area contributed by atoms with Crippen LogP contribution >= 0.6 is 34.8 Å². The first-order valence-electron chi connectivity index (χ1n) is 6.42. The first-order chi connectivity index (χ1) is 10.1. The fraction of sp³-hybridized carbons (Fsp3) is 0.133. The zero-order valence-electron chi connectivity index (χ0n) is 11.0. The lowest BCUT2D eigenvalue weighted by molar-refractivity contribution is 0.670. The molecule has 0 radical (unpaired) electrons. The topological polar surface area (TPSA) is 40.7 Å². The molecule has 0 amide bonds. The van der Waals surface area contributed by atoms with Gasteiger partial charge in [0.1, 0.15) is 5.82 Å².